The summed E-state index contributed by atoms with van der Waals surface area (Å²) in [5, 5.41) is 11.4. The van der Waals surface area contributed by atoms with Crippen molar-refractivity contribution in [3.8, 4) is 0 Å². The molecule has 10 atom stereocenters. The summed E-state index contributed by atoms with van der Waals surface area (Å²) >= 11 is 0. The lowest BCUT2D eigenvalue weighted by atomic mass is 9.46. The molecule has 0 amide bonds. The highest BCUT2D eigenvalue weighted by Gasteiger charge is 2.64. The number of epoxide rings is 1. The van der Waals surface area contributed by atoms with Crippen molar-refractivity contribution in [2.24, 2.45) is 40.4 Å². The summed E-state index contributed by atoms with van der Waals surface area (Å²) < 4.78 is 12.0. The largest absolute Gasteiger partial charge is 0.462 e. The summed E-state index contributed by atoms with van der Waals surface area (Å²) in [4.78, 5) is 24.2. The van der Waals surface area contributed by atoms with Crippen LogP contribution in [0.1, 0.15) is 87.0 Å². The summed E-state index contributed by atoms with van der Waals surface area (Å²) in [5.41, 5.74) is 0.631. The van der Waals surface area contributed by atoms with Crippen molar-refractivity contribution in [3.63, 3.8) is 0 Å². The minimum Gasteiger partial charge on any atom is -0.462 e. The van der Waals surface area contributed by atoms with E-state index in [4.69, 9.17) is 9.47 Å². The van der Waals surface area contributed by atoms with Gasteiger partial charge < -0.3 is 14.6 Å². The minimum atomic E-state index is -0.402. The van der Waals surface area contributed by atoms with Crippen LogP contribution in [0.15, 0.2) is 23.8 Å². The van der Waals surface area contributed by atoms with Gasteiger partial charge in [-0.05, 0) is 100 Å². The Morgan fingerprint density at radius 1 is 1.17 bits per heavy atom. The summed E-state index contributed by atoms with van der Waals surface area (Å²) in [6, 6.07) is 0. The van der Waals surface area contributed by atoms with Crippen LogP contribution >= 0.6 is 0 Å². The lowest BCUT2D eigenvalue weighted by Gasteiger charge is -2.59. The first-order valence-corrected chi connectivity index (χ1v) is 13.7. The van der Waals surface area contributed by atoms with Crippen molar-refractivity contribution in [3.05, 3.63) is 23.8 Å². The van der Waals surface area contributed by atoms with Gasteiger partial charge >= 0.3 is 5.97 Å². The van der Waals surface area contributed by atoms with Crippen LogP contribution in [-0.4, -0.2) is 40.3 Å². The number of aliphatic hydroxyl groups is 1. The third-order valence-corrected chi connectivity index (χ3v) is 11.5. The Kier molecular flexibility index (Phi) is 5.77. The number of hydrogen-bond acceptors (Lipinski definition) is 5. The number of allylic oxidation sites excluding steroid dienone is 3. The topological polar surface area (TPSA) is 76.1 Å². The second-order valence-corrected chi connectivity index (χ2v) is 13.5. The van der Waals surface area contributed by atoms with E-state index in [1.54, 1.807) is 12.2 Å². The van der Waals surface area contributed by atoms with Crippen LogP contribution in [0.5, 0.6) is 0 Å². The Bertz CT molecular complexity index is 979. The van der Waals surface area contributed by atoms with Crippen LogP contribution in [0.2, 0.25) is 0 Å². The number of esters is 1. The molecule has 5 aliphatic rings. The van der Waals surface area contributed by atoms with Gasteiger partial charge in [-0.2, -0.15) is 0 Å². The van der Waals surface area contributed by atoms with Crippen LogP contribution in [0.25, 0.3) is 0 Å². The van der Waals surface area contributed by atoms with Gasteiger partial charge in [0.1, 0.15) is 6.10 Å². The molecule has 35 heavy (non-hydrogen) atoms. The van der Waals surface area contributed by atoms with Gasteiger partial charge in [0.05, 0.1) is 17.3 Å². The van der Waals surface area contributed by atoms with E-state index in [9.17, 15) is 14.7 Å². The van der Waals surface area contributed by atoms with Gasteiger partial charge in [-0.1, -0.05) is 32.4 Å². The lowest BCUT2D eigenvalue weighted by molar-refractivity contribution is -0.154. The van der Waals surface area contributed by atoms with E-state index < -0.39 is 6.10 Å². The molecule has 1 saturated heterocycles. The zero-order valence-electron chi connectivity index (χ0n) is 22.6. The Hall–Kier alpha value is -1.46. The molecule has 5 heteroatoms. The van der Waals surface area contributed by atoms with Crippen molar-refractivity contribution >= 4 is 11.8 Å². The zero-order chi connectivity index (χ0) is 25.6. The molecule has 0 bridgehead atoms. The van der Waals surface area contributed by atoms with E-state index in [0.717, 1.165) is 37.7 Å². The van der Waals surface area contributed by atoms with E-state index in [1.165, 1.54) is 6.92 Å². The van der Waals surface area contributed by atoms with Crippen molar-refractivity contribution in [2.75, 3.05) is 0 Å². The third-order valence-electron chi connectivity index (χ3n) is 11.5. The second kappa shape index (κ2) is 8.02. The SMILES string of the molecule is CC(=O)O[C@H](C[C@]1(C)OC1(C)C)[C@@H](C)[C@H]1CC[C@H]2[C@@H]3[C@H](O)CC4=CC(=O)C=C[C@]4(C)[C@H]3CC[C@]12C. The van der Waals surface area contributed by atoms with Crippen LogP contribution in [0.3, 0.4) is 0 Å². The number of hydrogen-bond donors (Lipinski definition) is 1. The van der Waals surface area contributed by atoms with Crippen molar-refractivity contribution < 1.29 is 24.2 Å². The van der Waals surface area contributed by atoms with Gasteiger partial charge in [-0.3, -0.25) is 9.59 Å². The van der Waals surface area contributed by atoms with Gasteiger partial charge in [0.2, 0.25) is 0 Å². The average Bonchev–Trinajstić information content (AvgIpc) is 3.07. The highest BCUT2D eigenvalue weighted by Crippen LogP contribution is 2.67. The van der Waals surface area contributed by atoms with Gasteiger partial charge in [0, 0.05) is 18.8 Å². The van der Waals surface area contributed by atoms with Crippen LogP contribution in [0, 0.1) is 40.4 Å². The molecular weight excluding hydrogens is 440 g/mol. The van der Waals surface area contributed by atoms with Gasteiger partial charge in [-0.15, -0.1) is 0 Å². The number of carbonyl (C=O) groups is 2. The van der Waals surface area contributed by atoms with E-state index in [-0.39, 0.29) is 51.7 Å². The fraction of sp³-hybridized carbons (Fsp3) is 0.800. The maximum absolute atomic E-state index is 12.1. The summed E-state index contributed by atoms with van der Waals surface area (Å²) in [6.07, 6.45) is 10.7. The summed E-state index contributed by atoms with van der Waals surface area (Å²) in [5.74, 6) is 1.52. The molecular formula is C30H44O5. The zero-order valence-corrected chi connectivity index (χ0v) is 22.6. The van der Waals surface area contributed by atoms with E-state index in [1.807, 2.05) is 0 Å². The normalized spacial score (nSPS) is 47.1. The Balaban J connectivity index is 1.40. The number of fused-ring (bicyclic) bond motifs is 5. The number of ketones is 1. The van der Waals surface area contributed by atoms with Crippen molar-refractivity contribution in [1.82, 2.24) is 0 Å². The van der Waals surface area contributed by atoms with Gasteiger partial charge in [-0.25, -0.2) is 0 Å². The van der Waals surface area contributed by atoms with Crippen molar-refractivity contribution in [1.29, 1.82) is 0 Å². The van der Waals surface area contributed by atoms with E-state index in [2.05, 4.69) is 47.6 Å². The second-order valence-electron chi connectivity index (χ2n) is 13.5. The van der Waals surface area contributed by atoms with Crippen LogP contribution in [-0.2, 0) is 19.1 Å². The molecule has 0 aromatic heterocycles. The van der Waals surface area contributed by atoms with E-state index in [0.29, 0.717) is 24.2 Å². The van der Waals surface area contributed by atoms with E-state index >= 15 is 0 Å². The molecule has 0 unspecified atom stereocenters. The monoisotopic (exact) mass is 484 g/mol. The van der Waals surface area contributed by atoms with Crippen molar-refractivity contribution in [2.45, 2.75) is 110 Å². The molecule has 0 aromatic carbocycles. The predicted octanol–water partition coefficient (Wildman–Crippen LogP) is 5.41. The quantitative estimate of drug-likeness (QED) is 0.417. The molecule has 194 valence electrons. The number of aliphatic hydroxyl groups excluding tert-OH is 1. The average molecular weight is 485 g/mol. The maximum Gasteiger partial charge on any atom is 0.302 e. The number of rotatable bonds is 5. The molecule has 5 rings (SSSR count). The standard InChI is InChI=1S/C30H44O5/c1-17(25(34-18(2)31)16-30(7)27(3,4)35-30)21-8-9-22-26-23(11-13-29(21,22)6)28(5)12-10-20(32)14-19(28)15-24(26)33/h10,12,14,17,21-26,33H,8-9,11,13,15-16H2,1-7H3/t17-,21+,22-,23-,24+,25+,26-,28-,29+,30-/m0/s1. The molecule has 5 nitrogen and oxygen atoms in total. The minimum absolute atomic E-state index is 0.0477. The fourth-order valence-electron chi connectivity index (χ4n) is 9.09. The summed E-state index contributed by atoms with van der Waals surface area (Å²) in [7, 11) is 0. The fourth-order valence-corrected chi connectivity index (χ4v) is 9.09. The number of carbonyl (C=O) groups excluding carboxylic acids is 2. The first-order valence-electron chi connectivity index (χ1n) is 13.7. The Morgan fingerprint density at radius 2 is 1.86 bits per heavy atom. The molecule has 1 aliphatic heterocycles. The first-order chi connectivity index (χ1) is 16.2. The molecule has 0 radical (unpaired) electrons. The van der Waals surface area contributed by atoms with Crippen LogP contribution in [0.4, 0.5) is 0 Å². The molecule has 1 N–H and O–H groups in total. The third kappa shape index (κ3) is 3.79. The number of ether oxygens (including phenoxy) is 2. The predicted molar refractivity (Wildman–Crippen MR) is 134 cm³/mol. The molecule has 1 heterocycles. The van der Waals surface area contributed by atoms with Gasteiger partial charge in [0.25, 0.3) is 0 Å². The van der Waals surface area contributed by atoms with Crippen LogP contribution < -0.4 is 0 Å². The molecule has 0 spiro atoms. The molecule has 3 saturated carbocycles. The lowest BCUT2D eigenvalue weighted by Crippen LogP contribution is -2.55. The Morgan fingerprint density at radius 3 is 2.49 bits per heavy atom. The Labute approximate surface area is 210 Å². The maximum atomic E-state index is 12.1. The highest BCUT2D eigenvalue weighted by atomic mass is 16.6. The highest BCUT2D eigenvalue weighted by molar-refractivity contribution is 6.01. The summed E-state index contributed by atoms with van der Waals surface area (Å²) in [6.45, 7) is 14.8. The molecule has 0 aromatic rings. The smallest absolute Gasteiger partial charge is 0.302 e. The molecule has 4 aliphatic carbocycles. The molecule has 4 fully saturated rings. The first kappa shape index (κ1) is 25.2. The van der Waals surface area contributed by atoms with Gasteiger partial charge in [0.15, 0.2) is 5.78 Å².